The van der Waals surface area contributed by atoms with E-state index in [0.29, 0.717) is 11.1 Å². The molecule has 100 valence electrons. The molecule has 20 heavy (non-hydrogen) atoms. The summed E-state index contributed by atoms with van der Waals surface area (Å²) in [6.45, 7) is 0. The summed E-state index contributed by atoms with van der Waals surface area (Å²) in [4.78, 5) is 12.1. The van der Waals surface area contributed by atoms with Gasteiger partial charge >= 0.3 is 5.63 Å². The number of rotatable bonds is 2. The van der Waals surface area contributed by atoms with Gasteiger partial charge in [-0.2, -0.15) is 0 Å². The zero-order chi connectivity index (χ0) is 14.1. The zero-order valence-electron chi connectivity index (χ0n) is 10.4. The van der Waals surface area contributed by atoms with Crippen LogP contribution in [-0.2, 0) is 5.33 Å². The fraction of sp³-hybridized carbons (Fsp3) is 0.0625. The largest absolute Gasteiger partial charge is 0.422 e. The smallest absolute Gasteiger partial charge is 0.344 e. The van der Waals surface area contributed by atoms with E-state index in [1.807, 2.05) is 48.5 Å². The van der Waals surface area contributed by atoms with Gasteiger partial charge in [-0.25, -0.2) is 4.79 Å². The summed E-state index contributed by atoms with van der Waals surface area (Å²) in [5.41, 5.74) is 2.82. The highest BCUT2D eigenvalue weighted by Crippen LogP contribution is 2.23. The molecule has 4 heteroatoms. The van der Waals surface area contributed by atoms with Crippen molar-refractivity contribution in [2.24, 2.45) is 0 Å². The second-order valence-electron chi connectivity index (χ2n) is 4.46. The topological polar surface area (TPSA) is 30.2 Å². The first-order valence-electron chi connectivity index (χ1n) is 6.06. The van der Waals surface area contributed by atoms with Gasteiger partial charge in [0.05, 0.1) is 5.56 Å². The molecule has 2 aromatic carbocycles. The van der Waals surface area contributed by atoms with Gasteiger partial charge in [-0.15, -0.1) is 0 Å². The first-order valence-corrected chi connectivity index (χ1v) is 7.97. The van der Waals surface area contributed by atoms with E-state index < -0.39 is 0 Å². The predicted molar refractivity (Wildman–Crippen MR) is 88.3 cm³/mol. The van der Waals surface area contributed by atoms with Crippen LogP contribution >= 0.6 is 31.9 Å². The van der Waals surface area contributed by atoms with Crippen LogP contribution in [0, 0.1) is 0 Å². The van der Waals surface area contributed by atoms with Gasteiger partial charge in [0.15, 0.2) is 0 Å². The van der Waals surface area contributed by atoms with Gasteiger partial charge in [0.1, 0.15) is 5.58 Å². The molecule has 0 unspecified atom stereocenters. The minimum Gasteiger partial charge on any atom is -0.422 e. The fourth-order valence-electron chi connectivity index (χ4n) is 2.07. The molecule has 2 nitrogen and oxygen atoms in total. The Labute approximate surface area is 132 Å². The number of fused-ring (bicyclic) bond motifs is 1. The number of alkyl halides is 1. The second kappa shape index (κ2) is 5.54. The van der Waals surface area contributed by atoms with Gasteiger partial charge in [-0.05, 0) is 35.4 Å². The van der Waals surface area contributed by atoms with E-state index in [4.69, 9.17) is 4.42 Å². The molecule has 0 spiro atoms. The van der Waals surface area contributed by atoms with E-state index in [1.165, 1.54) is 0 Å². The maximum Gasteiger partial charge on any atom is 0.344 e. The minimum atomic E-state index is -0.313. The zero-order valence-corrected chi connectivity index (χ0v) is 13.6. The monoisotopic (exact) mass is 392 g/mol. The van der Waals surface area contributed by atoms with Crippen LogP contribution in [0.25, 0.3) is 22.1 Å². The summed E-state index contributed by atoms with van der Waals surface area (Å²) in [5, 5.41) is 1.66. The van der Waals surface area contributed by atoms with E-state index in [2.05, 4.69) is 31.9 Å². The minimum absolute atomic E-state index is 0.313. The van der Waals surface area contributed by atoms with Crippen LogP contribution in [0.5, 0.6) is 0 Å². The van der Waals surface area contributed by atoms with Crippen LogP contribution in [0.1, 0.15) is 5.56 Å². The third-order valence-electron chi connectivity index (χ3n) is 3.11. The van der Waals surface area contributed by atoms with Crippen LogP contribution < -0.4 is 5.63 Å². The van der Waals surface area contributed by atoms with Crippen molar-refractivity contribution in [3.63, 3.8) is 0 Å². The Bertz CT molecular complexity index is 820. The highest BCUT2D eigenvalue weighted by Gasteiger charge is 2.08. The average molecular weight is 394 g/mol. The highest BCUT2D eigenvalue weighted by atomic mass is 79.9. The Morgan fingerprint density at radius 3 is 2.45 bits per heavy atom. The SMILES string of the molecule is O=c1oc2cc(CBr)ccc2cc1-c1ccc(Br)cc1. The highest BCUT2D eigenvalue weighted by molar-refractivity contribution is 9.10. The van der Waals surface area contributed by atoms with Crippen molar-refractivity contribution in [3.8, 4) is 11.1 Å². The van der Waals surface area contributed by atoms with E-state index >= 15 is 0 Å². The molecule has 1 aromatic heterocycles. The van der Waals surface area contributed by atoms with Crippen molar-refractivity contribution in [2.75, 3.05) is 0 Å². The molecule has 0 N–H and O–H groups in total. The van der Waals surface area contributed by atoms with Gasteiger partial charge in [-0.3, -0.25) is 0 Å². The maximum atomic E-state index is 12.1. The molecule has 0 atom stereocenters. The Hall–Kier alpha value is -1.39. The third-order valence-corrected chi connectivity index (χ3v) is 4.29. The number of hydrogen-bond acceptors (Lipinski definition) is 2. The molecule has 3 aromatic rings. The van der Waals surface area contributed by atoms with E-state index in [1.54, 1.807) is 0 Å². The lowest BCUT2D eigenvalue weighted by atomic mass is 10.1. The molecule has 0 amide bonds. The normalized spacial score (nSPS) is 10.9. The molecule has 1 heterocycles. The van der Waals surface area contributed by atoms with E-state index in [-0.39, 0.29) is 5.63 Å². The first-order chi connectivity index (χ1) is 9.67. The van der Waals surface area contributed by atoms with Gasteiger partial charge in [0.25, 0.3) is 0 Å². The third kappa shape index (κ3) is 2.58. The van der Waals surface area contributed by atoms with Gasteiger partial charge in [0, 0.05) is 15.2 Å². The summed E-state index contributed by atoms with van der Waals surface area (Å²) < 4.78 is 6.41. The van der Waals surface area contributed by atoms with Crippen molar-refractivity contribution in [2.45, 2.75) is 5.33 Å². The fourth-order valence-corrected chi connectivity index (χ4v) is 2.68. The van der Waals surface area contributed by atoms with Crippen molar-refractivity contribution in [1.82, 2.24) is 0 Å². The lowest BCUT2D eigenvalue weighted by molar-refractivity contribution is 0.563. The van der Waals surface area contributed by atoms with Gasteiger partial charge < -0.3 is 4.42 Å². The summed E-state index contributed by atoms with van der Waals surface area (Å²) in [7, 11) is 0. The summed E-state index contributed by atoms with van der Waals surface area (Å²) in [5.74, 6) is 0. The molecule has 0 aliphatic heterocycles. The van der Waals surface area contributed by atoms with E-state index in [9.17, 15) is 4.79 Å². The Kier molecular flexibility index (Phi) is 3.76. The van der Waals surface area contributed by atoms with E-state index in [0.717, 1.165) is 26.3 Å². The molecule has 0 saturated heterocycles. The standard InChI is InChI=1S/C16H10Br2O2/c17-9-10-1-2-12-8-14(16(19)20-15(12)7-10)11-3-5-13(18)6-4-11/h1-8H,9H2. The van der Waals surface area contributed by atoms with Gasteiger partial charge in [0.2, 0.25) is 0 Å². The molecule has 3 rings (SSSR count). The van der Waals surface area contributed by atoms with Crippen molar-refractivity contribution < 1.29 is 4.42 Å². The van der Waals surface area contributed by atoms with Crippen molar-refractivity contribution in [3.05, 3.63) is 69.0 Å². The van der Waals surface area contributed by atoms with Crippen LogP contribution in [0.3, 0.4) is 0 Å². The van der Waals surface area contributed by atoms with Crippen molar-refractivity contribution >= 4 is 42.8 Å². The number of halogens is 2. The Balaban J connectivity index is 2.20. The molecule has 0 aliphatic rings. The quantitative estimate of drug-likeness (QED) is 0.447. The molecular weight excluding hydrogens is 384 g/mol. The molecule has 0 saturated carbocycles. The van der Waals surface area contributed by atoms with Crippen LogP contribution in [0.2, 0.25) is 0 Å². The number of benzene rings is 2. The second-order valence-corrected chi connectivity index (χ2v) is 5.94. The summed E-state index contributed by atoms with van der Waals surface area (Å²) in [6, 6.07) is 15.4. The Morgan fingerprint density at radius 2 is 1.75 bits per heavy atom. The lowest BCUT2D eigenvalue weighted by Crippen LogP contribution is -2.02. The maximum absolute atomic E-state index is 12.1. The molecule has 0 radical (unpaired) electrons. The van der Waals surface area contributed by atoms with Gasteiger partial charge in [-0.1, -0.05) is 56.1 Å². The molecule has 0 fully saturated rings. The van der Waals surface area contributed by atoms with Crippen molar-refractivity contribution in [1.29, 1.82) is 0 Å². The lowest BCUT2D eigenvalue weighted by Gasteiger charge is -2.04. The predicted octanol–water partition coefficient (Wildman–Crippen LogP) is 5.12. The molecular formula is C16H10Br2O2. The molecule has 0 aliphatic carbocycles. The first kappa shape index (κ1) is 13.6. The van der Waals surface area contributed by atoms with Crippen LogP contribution in [-0.4, -0.2) is 0 Å². The Morgan fingerprint density at radius 1 is 1.00 bits per heavy atom. The van der Waals surface area contributed by atoms with Crippen LogP contribution in [0.15, 0.2) is 62.2 Å². The summed E-state index contributed by atoms with van der Waals surface area (Å²) >= 11 is 6.78. The average Bonchev–Trinajstić information content (AvgIpc) is 2.47. The molecule has 0 bridgehead atoms. The van der Waals surface area contributed by atoms with Crippen LogP contribution in [0.4, 0.5) is 0 Å². The number of hydrogen-bond donors (Lipinski definition) is 0. The summed E-state index contributed by atoms with van der Waals surface area (Å²) in [6.07, 6.45) is 0.